The fraction of sp³-hybridized carbons (Fsp3) is 0.125. The number of benzene rings is 1. The topological polar surface area (TPSA) is 26.3 Å². The van der Waals surface area contributed by atoms with Gasteiger partial charge in [-0.25, -0.2) is 4.39 Å². The molecule has 5 heteroatoms. The Bertz CT molecular complexity index is 352. The molecule has 1 rings (SSSR count). The number of hydrogen-bond donors (Lipinski definition) is 0. The summed E-state index contributed by atoms with van der Waals surface area (Å²) in [5.41, 5.74) is -0.0748. The Hall–Kier alpha value is -0.800. The zero-order chi connectivity index (χ0) is 10.0. The van der Waals surface area contributed by atoms with Gasteiger partial charge in [-0.1, -0.05) is 11.6 Å². The molecule has 0 aromatic heterocycles. The van der Waals surface area contributed by atoms with E-state index >= 15 is 0 Å². The van der Waals surface area contributed by atoms with Crippen molar-refractivity contribution < 1.29 is 13.9 Å². The standard InChI is InChI=1S/C8H5Cl2FO2/c1-13-7-5(8(10)12)2-4(9)3-6(7)11/h2-3H,1H3. The van der Waals surface area contributed by atoms with E-state index < -0.39 is 11.1 Å². The van der Waals surface area contributed by atoms with E-state index in [2.05, 4.69) is 4.74 Å². The lowest BCUT2D eigenvalue weighted by molar-refractivity contribution is 0.107. The van der Waals surface area contributed by atoms with Crippen LogP contribution in [0.2, 0.25) is 5.02 Å². The van der Waals surface area contributed by atoms with Gasteiger partial charge in [0.05, 0.1) is 12.7 Å². The highest BCUT2D eigenvalue weighted by Gasteiger charge is 2.15. The van der Waals surface area contributed by atoms with Gasteiger partial charge >= 0.3 is 0 Å². The molecule has 0 saturated heterocycles. The van der Waals surface area contributed by atoms with Crippen molar-refractivity contribution in [2.45, 2.75) is 0 Å². The van der Waals surface area contributed by atoms with Crippen LogP contribution in [0.1, 0.15) is 10.4 Å². The number of hydrogen-bond acceptors (Lipinski definition) is 2. The van der Waals surface area contributed by atoms with E-state index in [4.69, 9.17) is 23.2 Å². The highest BCUT2D eigenvalue weighted by Crippen LogP contribution is 2.27. The van der Waals surface area contributed by atoms with Crippen molar-refractivity contribution in [1.82, 2.24) is 0 Å². The second-order valence-electron chi connectivity index (χ2n) is 2.24. The number of methoxy groups -OCH3 is 1. The third-order valence-electron chi connectivity index (χ3n) is 1.42. The van der Waals surface area contributed by atoms with Crippen molar-refractivity contribution >= 4 is 28.4 Å². The van der Waals surface area contributed by atoms with Gasteiger partial charge < -0.3 is 4.74 Å². The first-order valence-corrected chi connectivity index (χ1v) is 4.04. The van der Waals surface area contributed by atoms with Gasteiger partial charge in [-0.2, -0.15) is 0 Å². The molecular weight excluding hydrogens is 218 g/mol. The number of ether oxygens (including phenoxy) is 1. The highest BCUT2D eigenvalue weighted by molar-refractivity contribution is 6.68. The Kier molecular flexibility index (Phi) is 3.12. The first kappa shape index (κ1) is 10.3. The van der Waals surface area contributed by atoms with Crippen LogP contribution in [0.5, 0.6) is 5.75 Å². The molecule has 0 N–H and O–H groups in total. The maximum Gasteiger partial charge on any atom is 0.256 e. The third-order valence-corrected chi connectivity index (χ3v) is 1.85. The molecule has 0 aliphatic carbocycles. The van der Waals surface area contributed by atoms with E-state index in [-0.39, 0.29) is 16.3 Å². The lowest BCUT2D eigenvalue weighted by Crippen LogP contribution is -1.98. The van der Waals surface area contributed by atoms with Crippen LogP contribution in [0.4, 0.5) is 4.39 Å². The summed E-state index contributed by atoms with van der Waals surface area (Å²) in [6.45, 7) is 0. The molecule has 13 heavy (non-hydrogen) atoms. The molecule has 0 saturated carbocycles. The van der Waals surface area contributed by atoms with Crippen molar-refractivity contribution in [2.75, 3.05) is 7.11 Å². The number of rotatable bonds is 2. The molecule has 0 amide bonds. The van der Waals surface area contributed by atoms with Gasteiger partial charge in [0, 0.05) is 5.02 Å². The normalized spacial score (nSPS) is 9.85. The molecule has 0 atom stereocenters. The predicted molar refractivity (Wildman–Crippen MR) is 48.1 cm³/mol. The van der Waals surface area contributed by atoms with E-state index in [1.807, 2.05) is 0 Å². The average molecular weight is 223 g/mol. The van der Waals surface area contributed by atoms with Gasteiger partial charge in [0.2, 0.25) is 0 Å². The Morgan fingerprint density at radius 3 is 2.62 bits per heavy atom. The van der Waals surface area contributed by atoms with Crippen LogP contribution in [0.3, 0.4) is 0 Å². The summed E-state index contributed by atoms with van der Waals surface area (Å²) < 4.78 is 17.7. The zero-order valence-electron chi connectivity index (χ0n) is 6.61. The summed E-state index contributed by atoms with van der Waals surface area (Å²) in [4.78, 5) is 10.8. The second kappa shape index (κ2) is 3.94. The monoisotopic (exact) mass is 222 g/mol. The molecule has 0 heterocycles. The summed E-state index contributed by atoms with van der Waals surface area (Å²) in [7, 11) is 1.25. The minimum atomic E-state index is -0.807. The maximum atomic E-state index is 13.1. The Labute approximate surface area is 84.2 Å². The molecule has 0 unspecified atom stereocenters. The Balaban J connectivity index is 3.38. The molecule has 1 aromatic rings. The van der Waals surface area contributed by atoms with Crippen LogP contribution in [0.15, 0.2) is 12.1 Å². The largest absolute Gasteiger partial charge is 0.493 e. The van der Waals surface area contributed by atoms with E-state index in [1.54, 1.807) is 0 Å². The molecule has 0 spiro atoms. The molecule has 2 nitrogen and oxygen atoms in total. The van der Waals surface area contributed by atoms with Crippen molar-refractivity contribution in [3.8, 4) is 5.75 Å². The van der Waals surface area contributed by atoms with Gasteiger partial charge in [0.25, 0.3) is 5.24 Å². The minimum absolute atomic E-state index is 0.0748. The minimum Gasteiger partial charge on any atom is -0.493 e. The smallest absolute Gasteiger partial charge is 0.256 e. The third kappa shape index (κ3) is 2.11. The molecule has 0 aliphatic heterocycles. The molecule has 1 aromatic carbocycles. The van der Waals surface area contributed by atoms with Gasteiger partial charge in [-0.3, -0.25) is 4.79 Å². The summed E-state index contributed by atoms with van der Waals surface area (Å²) >= 11 is 10.7. The van der Waals surface area contributed by atoms with E-state index in [1.165, 1.54) is 13.2 Å². The van der Waals surface area contributed by atoms with Crippen LogP contribution >= 0.6 is 23.2 Å². The zero-order valence-corrected chi connectivity index (χ0v) is 8.12. The van der Waals surface area contributed by atoms with Crippen LogP contribution in [0.25, 0.3) is 0 Å². The predicted octanol–water partition coefficient (Wildman–Crippen LogP) is 2.87. The summed E-state index contributed by atoms with van der Waals surface area (Å²) in [6.07, 6.45) is 0. The highest BCUT2D eigenvalue weighted by atomic mass is 35.5. The molecule has 70 valence electrons. The second-order valence-corrected chi connectivity index (χ2v) is 3.02. The molecule has 0 bridgehead atoms. The van der Waals surface area contributed by atoms with Crippen LogP contribution in [-0.4, -0.2) is 12.4 Å². The molecule has 0 fully saturated rings. The molecule has 0 aliphatic rings. The van der Waals surface area contributed by atoms with Crippen LogP contribution in [-0.2, 0) is 0 Å². The SMILES string of the molecule is COc1c(F)cc(Cl)cc1C(=O)Cl. The van der Waals surface area contributed by atoms with E-state index in [0.717, 1.165) is 6.07 Å². The summed E-state index contributed by atoms with van der Waals surface area (Å²) in [5.74, 6) is -0.900. The average Bonchev–Trinajstić information content (AvgIpc) is 2.02. The summed E-state index contributed by atoms with van der Waals surface area (Å²) in [6, 6.07) is 2.29. The van der Waals surface area contributed by atoms with E-state index in [0.29, 0.717) is 0 Å². The van der Waals surface area contributed by atoms with Crippen LogP contribution in [0, 0.1) is 5.82 Å². The fourth-order valence-corrected chi connectivity index (χ4v) is 1.26. The maximum absolute atomic E-state index is 13.1. The number of carbonyl (C=O) groups is 1. The lowest BCUT2D eigenvalue weighted by atomic mass is 10.2. The first-order valence-electron chi connectivity index (χ1n) is 3.29. The Morgan fingerprint density at radius 2 is 2.15 bits per heavy atom. The van der Waals surface area contributed by atoms with E-state index in [9.17, 15) is 9.18 Å². The number of carbonyl (C=O) groups excluding carboxylic acids is 1. The number of halogens is 3. The van der Waals surface area contributed by atoms with Crippen molar-refractivity contribution in [2.24, 2.45) is 0 Å². The Morgan fingerprint density at radius 1 is 1.54 bits per heavy atom. The van der Waals surface area contributed by atoms with Crippen molar-refractivity contribution in [3.05, 3.63) is 28.5 Å². The van der Waals surface area contributed by atoms with Gasteiger partial charge in [0.1, 0.15) is 0 Å². The fourth-order valence-electron chi connectivity index (χ4n) is 0.914. The summed E-state index contributed by atoms with van der Waals surface area (Å²) in [5, 5.41) is -0.708. The molecular formula is C8H5Cl2FO2. The first-order chi connectivity index (χ1) is 6.06. The van der Waals surface area contributed by atoms with Crippen molar-refractivity contribution in [1.29, 1.82) is 0 Å². The van der Waals surface area contributed by atoms with Crippen molar-refractivity contribution in [3.63, 3.8) is 0 Å². The van der Waals surface area contributed by atoms with Gasteiger partial charge in [0.15, 0.2) is 11.6 Å². The van der Waals surface area contributed by atoms with Gasteiger partial charge in [-0.15, -0.1) is 0 Å². The van der Waals surface area contributed by atoms with Gasteiger partial charge in [-0.05, 0) is 23.7 Å². The molecule has 0 radical (unpaired) electrons. The van der Waals surface area contributed by atoms with Crippen LogP contribution < -0.4 is 4.74 Å². The quantitative estimate of drug-likeness (QED) is 0.720. The lowest BCUT2D eigenvalue weighted by Gasteiger charge is -2.05.